The first kappa shape index (κ1) is 22.8. The summed E-state index contributed by atoms with van der Waals surface area (Å²) in [6.45, 7) is 0. The number of hydrogen-bond donors (Lipinski definition) is 0. The van der Waals surface area contributed by atoms with Crippen molar-refractivity contribution in [2.45, 2.75) is 22.6 Å². The van der Waals surface area contributed by atoms with E-state index < -0.39 is 0 Å². The molecular weight excluding hydrogens is 516 g/mol. The Morgan fingerprint density at radius 2 is 0.763 bits per heavy atom. The lowest BCUT2D eigenvalue weighted by atomic mass is 9.85. The minimum absolute atomic E-state index is 0.0609. The van der Waals surface area contributed by atoms with E-state index in [9.17, 15) is 19.2 Å². The molecule has 2 heterocycles. The number of rotatable bonds is 5. The maximum absolute atomic E-state index is 13.1. The van der Waals surface area contributed by atoms with Crippen molar-refractivity contribution < 1.29 is 19.2 Å². The number of benzene rings is 2. The van der Waals surface area contributed by atoms with Crippen molar-refractivity contribution >= 4 is 56.6 Å². The van der Waals surface area contributed by atoms with Crippen LogP contribution in [-0.4, -0.2) is 23.6 Å². The van der Waals surface area contributed by atoms with E-state index in [2.05, 4.69) is 24.3 Å². The molecule has 6 nitrogen and oxygen atoms in total. The third-order valence-electron chi connectivity index (χ3n) is 9.36. The number of carbonyl (C=O) groups excluding carboxylic acids is 4. The van der Waals surface area contributed by atoms with Gasteiger partial charge in [0, 0.05) is 9.79 Å². The zero-order valence-electron chi connectivity index (χ0n) is 20.3. The van der Waals surface area contributed by atoms with Crippen molar-refractivity contribution in [1.82, 2.24) is 0 Å². The standard InChI is InChI=1S/C30H24N2O4S2/c33-27-23-15-1-2-16(13-15)24(23)28(34)31(27)19-5-9-21(10-6-19)37-38-22-11-7-20(8-12-22)32-29(35)25-17-3-4-18(14-17)26(25)30(32)36/h1-12,15-18,23-26H,13-14H2/t15-,16-,17-,18-,23-,24+,25+,26+/m0/s1. The quantitative estimate of drug-likeness (QED) is 0.298. The molecule has 2 saturated heterocycles. The first-order valence-corrected chi connectivity index (χ1v) is 15.3. The number of imide groups is 2. The molecule has 0 spiro atoms. The lowest BCUT2D eigenvalue weighted by molar-refractivity contribution is -0.124. The van der Waals surface area contributed by atoms with Crippen LogP contribution in [0.15, 0.2) is 82.6 Å². The first-order valence-electron chi connectivity index (χ1n) is 13.2. The summed E-state index contributed by atoms with van der Waals surface area (Å²) in [4.78, 5) is 57.0. The molecule has 0 radical (unpaired) electrons. The van der Waals surface area contributed by atoms with Gasteiger partial charge in [0.25, 0.3) is 0 Å². The maximum atomic E-state index is 13.1. The van der Waals surface area contributed by atoms with Crippen molar-refractivity contribution in [3.05, 3.63) is 72.8 Å². The highest BCUT2D eigenvalue weighted by atomic mass is 33.1. The Morgan fingerprint density at radius 1 is 0.474 bits per heavy atom. The third-order valence-corrected chi connectivity index (χ3v) is 11.8. The van der Waals surface area contributed by atoms with Crippen LogP contribution in [0, 0.1) is 47.3 Å². The van der Waals surface area contributed by atoms with E-state index in [0.29, 0.717) is 11.4 Å². The van der Waals surface area contributed by atoms with Crippen LogP contribution < -0.4 is 9.80 Å². The Bertz CT molecular complexity index is 1290. The third kappa shape index (κ3) is 3.10. The van der Waals surface area contributed by atoms with Gasteiger partial charge in [-0.2, -0.15) is 0 Å². The average Bonchev–Trinajstić information content (AvgIpc) is 3.77. The molecule has 0 N–H and O–H groups in total. The lowest BCUT2D eigenvalue weighted by Crippen LogP contribution is -2.32. The summed E-state index contributed by atoms with van der Waals surface area (Å²) in [7, 11) is 3.16. The van der Waals surface area contributed by atoms with Crippen LogP contribution >= 0.6 is 21.6 Å². The predicted octanol–water partition coefficient (Wildman–Crippen LogP) is 5.11. The van der Waals surface area contributed by atoms with E-state index in [-0.39, 0.29) is 71.0 Å². The fourth-order valence-electron chi connectivity index (χ4n) is 7.71. The van der Waals surface area contributed by atoms with E-state index in [1.165, 1.54) is 9.80 Å². The average molecular weight is 541 g/mol. The van der Waals surface area contributed by atoms with Crippen LogP contribution in [0.1, 0.15) is 12.8 Å². The van der Waals surface area contributed by atoms with Crippen LogP contribution in [-0.2, 0) is 19.2 Å². The number of hydrogen-bond acceptors (Lipinski definition) is 6. The minimum atomic E-state index is -0.192. The summed E-state index contributed by atoms with van der Waals surface area (Å²) < 4.78 is 0. The van der Waals surface area contributed by atoms with Gasteiger partial charge in [-0.3, -0.25) is 29.0 Å². The summed E-state index contributed by atoms with van der Waals surface area (Å²) in [5.41, 5.74) is 1.28. The lowest BCUT2D eigenvalue weighted by Gasteiger charge is -2.18. The Hall–Kier alpha value is -3.10. The normalized spacial score (nSPS) is 35.8. The van der Waals surface area contributed by atoms with Crippen LogP contribution in [0.2, 0.25) is 0 Å². The van der Waals surface area contributed by atoms with E-state index in [0.717, 1.165) is 22.6 Å². The predicted molar refractivity (Wildman–Crippen MR) is 145 cm³/mol. The summed E-state index contributed by atoms with van der Waals surface area (Å²) in [6, 6.07) is 15.1. The molecule has 0 unspecified atom stereocenters. The molecule has 8 atom stereocenters. The monoisotopic (exact) mass is 540 g/mol. The number of anilines is 2. The highest BCUT2D eigenvalue weighted by Gasteiger charge is 2.60. The van der Waals surface area contributed by atoms with Gasteiger partial charge in [-0.25, -0.2) is 0 Å². The summed E-state index contributed by atoms with van der Waals surface area (Å²) in [6.07, 6.45) is 10.3. The SMILES string of the molecule is O=C1[C@@H]2[C@H](C(=O)N1c1ccc(SSc3ccc(N4C(=O)[C@H]5[C@H](C4=O)[C@H]4C=C[C@H]5C4)cc3)cc1)[C@H]1C=C[C@H]2C1. The van der Waals surface area contributed by atoms with E-state index >= 15 is 0 Å². The Labute approximate surface area is 227 Å². The van der Waals surface area contributed by atoms with Crippen molar-refractivity contribution in [2.75, 3.05) is 9.80 Å². The van der Waals surface area contributed by atoms with Crippen molar-refractivity contribution in [3.8, 4) is 0 Å². The molecular formula is C30H24N2O4S2. The second kappa shape index (κ2) is 8.20. The highest BCUT2D eigenvalue weighted by Crippen LogP contribution is 2.54. The van der Waals surface area contributed by atoms with E-state index in [1.807, 2.05) is 48.5 Å². The van der Waals surface area contributed by atoms with Crippen molar-refractivity contribution in [2.24, 2.45) is 47.3 Å². The molecule has 2 aromatic carbocycles. The van der Waals surface area contributed by atoms with Crippen molar-refractivity contribution in [1.29, 1.82) is 0 Å². The number of allylic oxidation sites excluding steroid dienone is 4. The Balaban J connectivity index is 0.925. The van der Waals surface area contributed by atoms with Gasteiger partial charge in [0.1, 0.15) is 0 Å². The minimum Gasteiger partial charge on any atom is -0.274 e. The molecule has 4 amide bonds. The summed E-state index contributed by atoms with van der Waals surface area (Å²) >= 11 is 0. The second-order valence-corrected chi connectivity index (χ2v) is 13.5. The molecule has 0 aromatic heterocycles. The Morgan fingerprint density at radius 3 is 1.05 bits per heavy atom. The highest BCUT2D eigenvalue weighted by molar-refractivity contribution is 8.76. The van der Waals surface area contributed by atoms with E-state index in [1.54, 1.807) is 21.6 Å². The molecule has 2 aliphatic heterocycles. The van der Waals surface area contributed by atoms with Gasteiger partial charge < -0.3 is 0 Å². The molecule has 6 aliphatic rings. The molecule has 2 saturated carbocycles. The van der Waals surface area contributed by atoms with E-state index in [4.69, 9.17) is 0 Å². The zero-order chi connectivity index (χ0) is 25.7. The van der Waals surface area contributed by atoms with Gasteiger partial charge in [0.15, 0.2) is 0 Å². The van der Waals surface area contributed by atoms with Crippen LogP contribution in [0.4, 0.5) is 11.4 Å². The second-order valence-electron chi connectivity index (χ2n) is 11.2. The molecule has 8 heteroatoms. The number of amides is 4. The fraction of sp³-hybridized carbons (Fsp3) is 0.333. The van der Waals surface area contributed by atoms with Crippen molar-refractivity contribution in [3.63, 3.8) is 0 Å². The van der Waals surface area contributed by atoms with Gasteiger partial charge in [0.05, 0.1) is 35.0 Å². The van der Waals surface area contributed by atoms with Gasteiger partial charge in [-0.15, -0.1) is 0 Å². The molecule has 4 fully saturated rings. The molecule has 8 rings (SSSR count). The van der Waals surface area contributed by atoms with Gasteiger partial charge >= 0.3 is 0 Å². The maximum Gasteiger partial charge on any atom is 0.238 e. The molecule has 190 valence electrons. The van der Waals surface area contributed by atoms with Crippen LogP contribution in [0.5, 0.6) is 0 Å². The Kier molecular flexibility index (Phi) is 4.93. The largest absolute Gasteiger partial charge is 0.274 e. The summed E-state index contributed by atoms with van der Waals surface area (Å²) in [5, 5.41) is 0. The summed E-state index contributed by atoms with van der Waals surface area (Å²) in [5.74, 6) is -0.187. The molecule has 38 heavy (non-hydrogen) atoms. The van der Waals surface area contributed by atoms with Gasteiger partial charge in [-0.05, 0) is 85.0 Å². The molecule has 4 bridgehead atoms. The number of fused-ring (bicyclic) bond motifs is 10. The van der Waals surface area contributed by atoms with Gasteiger partial charge in [-0.1, -0.05) is 45.9 Å². The fourth-order valence-corrected chi connectivity index (χ4v) is 9.64. The van der Waals surface area contributed by atoms with Crippen LogP contribution in [0.25, 0.3) is 0 Å². The first-order chi connectivity index (χ1) is 18.5. The number of carbonyl (C=O) groups is 4. The number of nitrogens with zero attached hydrogens (tertiary/aromatic N) is 2. The topological polar surface area (TPSA) is 74.8 Å². The van der Waals surface area contributed by atoms with Gasteiger partial charge in [0.2, 0.25) is 23.6 Å². The smallest absolute Gasteiger partial charge is 0.238 e. The van der Waals surface area contributed by atoms with Crippen LogP contribution in [0.3, 0.4) is 0 Å². The molecule has 2 aromatic rings. The molecule has 4 aliphatic carbocycles. The zero-order valence-corrected chi connectivity index (χ0v) is 21.9.